The van der Waals surface area contributed by atoms with E-state index >= 15 is 0 Å². The van der Waals surface area contributed by atoms with Gasteiger partial charge in [-0.2, -0.15) is 0 Å². The smallest absolute Gasteiger partial charge is 0.170 e. The highest BCUT2D eigenvalue weighted by Gasteiger charge is 2.41. The zero-order valence-electron chi connectivity index (χ0n) is 18.7. The first-order chi connectivity index (χ1) is 15.9. The molecule has 1 aliphatic rings. The molecule has 1 fully saturated rings. The van der Waals surface area contributed by atoms with Gasteiger partial charge < -0.3 is 19.2 Å². The molecular formula is C26H25ClN4OS. The van der Waals surface area contributed by atoms with Gasteiger partial charge in [0.15, 0.2) is 5.11 Å². The van der Waals surface area contributed by atoms with E-state index in [0.717, 1.165) is 33.6 Å². The Morgan fingerprint density at radius 1 is 1.09 bits per heavy atom. The number of nitrogens with one attached hydrogen (secondary N) is 1. The van der Waals surface area contributed by atoms with Crippen molar-refractivity contribution in [2.24, 2.45) is 0 Å². The van der Waals surface area contributed by atoms with Gasteiger partial charge in [0.05, 0.1) is 30.6 Å². The first-order valence-corrected chi connectivity index (χ1v) is 11.7. The quantitative estimate of drug-likeness (QED) is 0.346. The van der Waals surface area contributed by atoms with Crippen LogP contribution >= 0.6 is 23.8 Å². The molecule has 33 heavy (non-hydrogen) atoms. The van der Waals surface area contributed by atoms with Crippen molar-refractivity contribution >= 4 is 28.9 Å². The molecule has 4 aromatic rings. The number of pyridine rings is 1. The molecule has 2 unspecified atom stereocenters. The van der Waals surface area contributed by atoms with Crippen LogP contribution in [0.15, 0.2) is 71.5 Å². The topological polar surface area (TPSA) is 46.2 Å². The summed E-state index contributed by atoms with van der Waals surface area (Å²) in [5.74, 6) is 0.866. The molecule has 168 valence electrons. The van der Waals surface area contributed by atoms with Crippen LogP contribution in [0.1, 0.15) is 46.1 Å². The fourth-order valence-corrected chi connectivity index (χ4v) is 5.24. The molecule has 0 spiro atoms. The molecule has 5 rings (SSSR count). The van der Waals surface area contributed by atoms with Crippen molar-refractivity contribution < 1.29 is 4.42 Å². The van der Waals surface area contributed by atoms with Crippen molar-refractivity contribution in [1.29, 1.82) is 0 Å². The zero-order chi connectivity index (χ0) is 23.1. The van der Waals surface area contributed by atoms with Crippen molar-refractivity contribution in [1.82, 2.24) is 19.8 Å². The molecule has 5 nitrogen and oxygen atoms in total. The Balaban J connectivity index is 1.65. The molecule has 3 aromatic heterocycles. The molecule has 2 atom stereocenters. The molecule has 4 heterocycles. The van der Waals surface area contributed by atoms with Crippen molar-refractivity contribution in [2.75, 3.05) is 0 Å². The minimum Gasteiger partial charge on any atom is -0.467 e. The highest BCUT2D eigenvalue weighted by atomic mass is 35.5. The number of furan rings is 1. The second kappa shape index (κ2) is 8.69. The predicted octanol–water partition coefficient (Wildman–Crippen LogP) is 6.22. The van der Waals surface area contributed by atoms with Crippen LogP contribution in [-0.4, -0.2) is 19.6 Å². The van der Waals surface area contributed by atoms with Crippen LogP contribution in [0.3, 0.4) is 0 Å². The summed E-state index contributed by atoms with van der Waals surface area (Å²) in [5, 5.41) is 4.93. The molecule has 0 radical (unpaired) electrons. The van der Waals surface area contributed by atoms with Crippen LogP contribution in [0, 0.1) is 20.8 Å². The number of benzene rings is 1. The maximum absolute atomic E-state index is 6.36. The van der Waals surface area contributed by atoms with E-state index in [9.17, 15) is 0 Å². The Morgan fingerprint density at radius 2 is 1.94 bits per heavy atom. The van der Waals surface area contributed by atoms with E-state index < -0.39 is 0 Å². The number of thiocarbonyl (C=S) groups is 1. The standard InChI is InChI=1S/C26H25ClN4OS/c1-16-9-10-19(27)14-23(16)31-17(2)13-21(18(31)3)25-24(22-8-4-5-11-28-22)29-26(33)30(25)15-20-7-6-12-32-20/h4-14,24-25H,15H2,1-3H3,(H,29,33). The first kappa shape index (κ1) is 21.7. The van der Waals surface area contributed by atoms with Gasteiger partial charge in [0, 0.05) is 28.3 Å². The lowest BCUT2D eigenvalue weighted by atomic mass is 9.96. The highest BCUT2D eigenvalue weighted by molar-refractivity contribution is 7.80. The molecule has 0 aliphatic carbocycles. The van der Waals surface area contributed by atoms with E-state index in [4.69, 9.17) is 28.2 Å². The monoisotopic (exact) mass is 476 g/mol. The largest absolute Gasteiger partial charge is 0.467 e. The number of hydrogen-bond acceptors (Lipinski definition) is 3. The summed E-state index contributed by atoms with van der Waals surface area (Å²) >= 11 is 12.2. The summed E-state index contributed by atoms with van der Waals surface area (Å²) in [6, 6.07) is 18.0. The van der Waals surface area contributed by atoms with E-state index in [1.54, 1.807) is 6.26 Å². The summed E-state index contributed by atoms with van der Waals surface area (Å²) in [6.45, 7) is 6.97. The fraction of sp³-hybridized carbons (Fsp3) is 0.231. The summed E-state index contributed by atoms with van der Waals surface area (Å²) in [4.78, 5) is 6.85. The van der Waals surface area contributed by atoms with E-state index in [1.807, 2.05) is 48.7 Å². The molecular weight excluding hydrogens is 452 g/mol. The number of aromatic nitrogens is 2. The third-order valence-electron chi connectivity index (χ3n) is 6.31. The lowest BCUT2D eigenvalue weighted by Gasteiger charge is -2.27. The van der Waals surface area contributed by atoms with Crippen molar-refractivity contribution in [3.05, 3.63) is 106 Å². The third kappa shape index (κ3) is 3.94. The molecule has 7 heteroatoms. The maximum Gasteiger partial charge on any atom is 0.170 e. The van der Waals surface area contributed by atoms with Crippen LogP contribution < -0.4 is 5.32 Å². The van der Waals surface area contributed by atoms with Gasteiger partial charge in [-0.25, -0.2) is 0 Å². The first-order valence-electron chi connectivity index (χ1n) is 10.9. The van der Waals surface area contributed by atoms with E-state index in [0.29, 0.717) is 11.7 Å². The van der Waals surface area contributed by atoms with Gasteiger partial charge in [0.1, 0.15) is 5.76 Å². The third-order valence-corrected chi connectivity index (χ3v) is 6.89. The average molecular weight is 477 g/mol. The lowest BCUT2D eigenvalue weighted by Crippen LogP contribution is -2.29. The Labute approximate surface area is 204 Å². The Morgan fingerprint density at radius 3 is 2.67 bits per heavy atom. The van der Waals surface area contributed by atoms with Gasteiger partial charge in [0.2, 0.25) is 0 Å². The van der Waals surface area contributed by atoms with Gasteiger partial charge in [-0.05, 0) is 86.6 Å². The number of aryl methyl sites for hydroxylation is 2. The zero-order valence-corrected chi connectivity index (χ0v) is 20.3. The van der Waals surface area contributed by atoms with Crippen LogP contribution in [0.5, 0.6) is 0 Å². The Bertz CT molecular complexity index is 1300. The molecule has 1 N–H and O–H groups in total. The molecule has 1 saturated heterocycles. The van der Waals surface area contributed by atoms with Crippen LogP contribution in [0.2, 0.25) is 5.02 Å². The van der Waals surface area contributed by atoms with Gasteiger partial charge >= 0.3 is 0 Å². The number of halogens is 1. The molecule has 1 aromatic carbocycles. The van der Waals surface area contributed by atoms with E-state index in [1.165, 1.54) is 11.1 Å². The number of rotatable bonds is 5. The molecule has 0 bridgehead atoms. The minimum atomic E-state index is -0.0805. The fourth-order valence-electron chi connectivity index (χ4n) is 4.77. The maximum atomic E-state index is 6.36. The second-order valence-corrected chi connectivity index (χ2v) is 9.25. The van der Waals surface area contributed by atoms with Crippen LogP contribution in [0.4, 0.5) is 0 Å². The SMILES string of the molecule is Cc1ccc(Cl)cc1-n1c(C)cc(C2C(c3ccccn3)NC(=S)N2Cc2ccco2)c1C. The predicted molar refractivity (Wildman–Crippen MR) is 135 cm³/mol. The van der Waals surface area contributed by atoms with E-state index in [-0.39, 0.29) is 12.1 Å². The van der Waals surface area contributed by atoms with Gasteiger partial charge in [-0.15, -0.1) is 0 Å². The normalized spacial score (nSPS) is 18.1. The Kier molecular flexibility index (Phi) is 5.72. The summed E-state index contributed by atoms with van der Waals surface area (Å²) in [6.07, 6.45) is 3.52. The number of nitrogens with zero attached hydrogens (tertiary/aromatic N) is 3. The van der Waals surface area contributed by atoms with Crippen molar-refractivity contribution in [3.63, 3.8) is 0 Å². The average Bonchev–Trinajstić information content (AvgIpc) is 3.50. The van der Waals surface area contributed by atoms with Gasteiger partial charge in [0.25, 0.3) is 0 Å². The molecule has 0 saturated carbocycles. The molecule has 1 aliphatic heterocycles. The summed E-state index contributed by atoms with van der Waals surface area (Å²) in [7, 11) is 0. The minimum absolute atomic E-state index is 0.0445. The summed E-state index contributed by atoms with van der Waals surface area (Å²) < 4.78 is 7.94. The highest BCUT2D eigenvalue weighted by Crippen LogP contribution is 2.42. The second-order valence-electron chi connectivity index (χ2n) is 8.43. The van der Waals surface area contributed by atoms with Crippen molar-refractivity contribution in [3.8, 4) is 5.69 Å². The Hall–Kier alpha value is -3.09. The van der Waals surface area contributed by atoms with Gasteiger partial charge in [-0.3, -0.25) is 4.98 Å². The van der Waals surface area contributed by atoms with Gasteiger partial charge in [-0.1, -0.05) is 23.7 Å². The number of hydrogen-bond donors (Lipinski definition) is 1. The van der Waals surface area contributed by atoms with Crippen molar-refractivity contribution in [2.45, 2.75) is 39.4 Å². The van der Waals surface area contributed by atoms with Crippen LogP contribution in [0.25, 0.3) is 5.69 Å². The summed E-state index contributed by atoms with van der Waals surface area (Å²) in [5.41, 5.74) is 6.70. The van der Waals surface area contributed by atoms with E-state index in [2.05, 4.69) is 52.7 Å². The van der Waals surface area contributed by atoms with Crippen LogP contribution in [-0.2, 0) is 6.54 Å². The molecule has 0 amide bonds. The lowest BCUT2D eigenvalue weighted by molar-refractivity contribution is 0.286.